The van der Waals surface area contributed by atoms with Crippen LogP contribution in [0.2, 0.25) is 0 Å². The zero-order chi connectivity index (χ0) is 19.9. The van der Waals surface area contributed by atoms with E-state index in [1.807, 2.05) is 18.2 Å². The Balaban J connectivity index is 1.73. The molecule has 0 spiro atoms. The first-order valence-corrected chi connectivity index (χ1v) is 9.44. The van der Waals surface area contributed by atoms with Gasteiger partial charge in [-0.25, -0.2) is 0 Å². The van der Waals surface area contributed by atoms with Gasteiger partial charge in [-0.3, -0.25) is 9.59 Å². The van der Waals surface area contributed by atoms with Crippen molar-refractivity contribution in [2.75, 3.05) is 26.8 Å². The molecular formula is C23H25NO4. The summed E-state index contributed by atoms with van der Waals surface area (Å²) in [6, 6.07) is 14.4. The third-order valence-electron chi connectivity index (χ3n) is 4.90. The summed E-state index contributed by atoms with van der Waals surface area (Å²) in [7, 11) is 1.56. The van der Waals surface area contributed by atoms with Crippen LogP contribution in [0.5, 0.6) is 11.5 Å². The number of methoxy groups -OCH3 is 1. The average Bonchev–Trinajstić information content (AvgIpc) is 2.76. The Morgan fingerprint density at radius 2 is 2.04 bits per heavy atom. The van der Waals surface area contributed by atoms with Crippen LogP contribution < -0.4 is 9.47 Å². The second-order valence-electron chi connectivity index (χ2n) is 6.78. The van der Waals surface area contributed by atoms with E-state index in [-0.39, 0.29) is 17.6 Å². The van der Waals surface area contributed by atoms with Crippen LogP contribution in [0.1, 0.15) is 33.6 Å². The van der Waals surface area contributed by atoms with Crippen molar-refractivity contribution in [3.05, 3.63) is 72.3 Å². The second-order valence-corrected chi connectivity index (χ2v) is 6.78. The quantitative estimate of drug-likeness (QED) is 0.539. The number of Topliss-reactive ketones (excluding diaryl/α,β-unsaturated/α-hetero) is 1. The number of ether oxygens (including phenoxy) is 2. The molecule has 146 valence electrons. The smallest absolute Gasteiger partial charge is 0.254 e. The summed E-state index contributed by atoms with van der Waals surface area (Å²) < 4.78 is 10.8. The number of carbonyl (C=O) groups is 2. The zero-order valence-electron chi connectivity index (χ0n) is 16.1. The van der Waals surface area contributed by atoms with Crippen LogP contribution in [-0.4, -0.2) is 43.4 Å². The maximum atomic E-state index is 13.0. The molecule has 0 aliphatic carbocycles. The predicted octanol–water partition coefficient (Wildman–Crippen LogP) is 4.00. The molecule has 0 saturated carbocycles. The molecule has 0 unspecified atom stereocenters. The Hall–Kier alpha value is -3.08. The van der Waals surface area contributed by atoms with Gasteiger partial charge >= 0.3 is 0 Å². The largest absolute Gasteiger partial charge is 0.496 e. The van der Waals surface area contributed by atoms with Gasteiger partial charge in [-0.2, -0.15) is 0 Å². The van der Waals surface area contributed by atoms with Crippen LogP contribution in [0.3, 0.4) is 0 Å². The van der Waals surface area contributed by atoms with E-state index in [0.717, 1.165) is 12.8 Å². The number of para-hydroxylation sites is 1. The minimum atomic E-state index is -0.228. The third kappa shape index (κ3) is 4.42. The Morgan fingerprint density at radius 3 is 2.82 bits per heavy atom. The molecule has 0 N–H and O–H groups in total. The molecule has 0 aromatic heterocycles. The maximum absolute atomic E-state index is 13.0. The highest BCUT2D eigenvalue weighted by atomic mass is 16.5. The summed E-state index contributed by atoms with van der Waals surface area (Å²) in [6.45, 7) is 5.07. The van der Waals surface area contributed by atoms with Crippen LogP contribution in [-0.2, 0) is 0 Å². The first kappa shape index (κ1) is 19.7. The van der Waals surface area contributed by atoms with Crippen LogP contribution in [0.4, 0.5) is 0 Å². The van der Waals surface area contributed by atoms with Gasteiger partial charge in [0, 0.05) is 24.6 Å². The Bertz CT molecular complexity index is 861. The molecule has 1 atom stereocenters. The first-order chi connectivity index (χ1) is 13.6. The molecule has 1 amide bonds. The standard InChI is InChI=1S/C23H25NO4/c1-3-14-28-19-10-6-8-17(15-19)23(26)24-13-7-9-18(16-24)22(25)20-11-4-5-12-21(20)27-2/h3-6,8,10-12,15,18H,1,7,9,13-14,16H2,2H3/t18-/m0/s1. The molecule has 1 aliphatic heterocycles. The fourth-order valence-electron chi connectivity index (χ4n) is 3.50. The average molecular weight is 379 g/mol. The zero-order valence-corrected chi connectivity index (χ0v) is 16.1. The number of piperidine rings is 1. The number of carbonyl (C=O) groups excluding carboxylic acids is 2. The molecule has 28 heavy (non-hydrogen) atoms. The van der Waals surface area contributed by atoms with Crippen molar-refractivity contribution >= 4 is 11.7 Å². The number of hydrogen-bond acceptors (Lipinski definition) is 4. The number of rotatable bonds is 7. The summed E-state index contributed by atoms with van der Waals surface area (Å²) in [5, 5.41) is 0. The van der Waals surface area contributed by atoms with E-state index in [9.17, 15) is 9.59 Å². The summed E-state index contributed by atoms with van der Waals surface area (Å²) in [4.78, 5) is 27.7. The topological polar surface area (TPSA) is 55.8 Å². The molecule has 3 rings (SSSR count). The second kappa shape index (κ2) is 9.22. The maximum Gasteiger partial charge on any atom is 0.254 e. The SMILES string of the molecule is C=CCOc1cccc(C(=O)N2CCC[C@H](C(=O)c3ccccc3OC)C2)c1. The Morgan fingerprint density at radius 1 is 1.21 bits per heavy atom. The van der Waals surface area contributed by atoms with Gasteiger partial charge in [-0.1, -0.05) is 30.9 Å². The van der Waals surface area contributed by atoms with Gasteiger partial charge in [0.25, 0.3) is 5.91 Å². The molecule has 1 heterocycles. The lowest BCUT2D eigenvalue weighted by Crippen LogP contribution is -2.42. The van der Waals surface area contributed by atoms with Crippen LogP contribution in [0.25, 0.3) is 0 Å². The van der Waals surface area contributed by atoms with Gasteiger partial charge in [-0.05, 0) is 43.2 Å². The van der Waals surface area contributed by atoms with Crippen LogP contribution in [0, 0.1) is 5.92 Å². The lowest BCUT2D eigenvalue weighted by molar-refractivity contribution is 0.0636. The van der Waals surface area contributed by atoms with Crippen LogP contribution >= 0.6 is 0 Å². The minimum Gasteiger partial charge on any atom is -0.496 e. The highest BCUT2D eigenvalue weighted by Crippen LogP contribution is 2.27. The van der Waals surface area contributed by atoms with Crippen molar-refractivity contribution in [2.24, 2.45) is 5.92 Å². The number of hydrogen-bond donors (Lipinski definition) is 0. The molecule has 2 aromatic rings. The number of amides is 1. The van der Waals surface area contributed by atoms with Crippen molar-refractivity contribution in [3.63, 3.8) is 0 Å². The molecule has 5 nitrogen and oxygen atoms in total. The van der Waals surface area contributed by atoms with Crippen molar-refractivity contribution < 1.29 is 19.1 Å². The van der Waals surface area contributed by atoms with E-state index in [4.69, 9.17) is 9.47 Å². The molecule has 1 aliphatic rings. The number of benzene rings is 2. The van der Waals surface area contributed by atoms with Gasteiger partial charge in [-0.15, -0.1) is 0 Å². The molecule has 0 radical (unpaired) electrons. The van der Waals surface area contributed by atoms with E-state index < -0.39 is 0 Å². The molecule has 5 heteroatoms. The summed E-state index contributed by atoms with van der Waals surface area (Å²) >= 11 is 0. The summed E-state index contributed by atoms with van der Waals surface area (Å²) in [6.07, 6.45) is 3.22. The number of likely N-dealkylation sites (tertiary alicyclic amines) is 1. The van der Waals surface area contributed by atoms with Gasteiger partial charge in [0.15, 0.2) is 5.78 Å². The van der Waals surface area contributed by atoms with Crippen molar-refractivity contribution in [3.8, 4) is 11.5 Å². The Kier molecular flexibility index (Phi) is 6.48. The first-order valence-electron chi connectivity index (χ1n) is 9.44. The normalized spacial score (nSPS) is 16.3. The van der Waals surface area contributed by atoms with E-state index in [1.54, 1.807) is 48.4 Å². The molecule has 1 fully saturated rings. The summed E-state index contributed by atoms with van der Waals surface area (Å²) in [5.74, 6) is 0.918. The number of nitrogens with zero attached hydrogens (tertiary/aromatic N) is 1. The van der Waals surface area contributed by atoms with Gasteiger partial charge in [0.05, 0.1) is 12.7 Å². The Labute approximate surface area is 165 Å². The fraction of sp³-hybridized carbons (Fsp3) is 0.304. The van der Waals surface area contributed by atoms with Crippen molar-refractivity contribution in [1.82, 2.24) is 4.90 Å². The fourth-order valence-corrected chi connectivity index (χ4v) is 3.50. The monoisotopic (exact) mass is 379 g/mol. The number of ketones is 1. The lowest BCUT2D eigenvalue weighted by atomic mass is 9.89. The third-order valence-corrected chi connectivity index (χ3v) is 4.90. The van der Waals surface area contributed by atoms with Crippen molar-refractivity contribution in [1.29, 1.82) is 0 Å². The van der Waals surface area contributed by atoms with Crippen LogP contribution in [0.15, 0.2) is 61.2 Å². The van der Waals surface area contributed by atoms with Crippen molar-refractivity contribution in [2.45, 2.75) is 12.8 Å². The minimum absolute atomic E-state index is 0.0259. The van der Waals surface area contributed by atoms with Gasteiger partial charge in [0.2, 0.25) is 0 Å². The molecular weight excluding hydrogens is 354 g/mol. The molecule has 1 saturated heterocycles. The predicted molar refractivity (Wildman–Crippen MR) is 108 cm³/mol. The highest BCUT2D eigenvalue weighted by Gasteiger charge is 2.30. The highest BCUT2D eigenvalue weighted by molar-refractivity contribution is 6.01. The van der Waals surface area contributed by atoms with Gasteiger partial charge in [0.1, 0.15) is 18.1 Å². The van der Waals surface area contributed by atoms with E-state index in [1.165, 1.54) is 0 Å². The molecule has 0 bridgehead atoms. The van der Waals surface area contributed by atoms with E-state index in [2.05, 4.69) is 6.58 Å². The van der Waals surface area contributed by atoms with E-state index >= 15 is 0 Å². The van der Waals surface area contributed by atoms with E-state index in [0.29, 0.717) is 42.3 Å². The van der Waals surface area contributed by atoms with Gasteiger partial charge < -0.3 is 14.4 Å². The molecule has 2 aromatic carbocycles. The lowest BCUT2D eigenvalue weighted by Gasteiger charge is -2.32. The summed E-state index contributed by atoms with van der Waals surface area (Å²) in [5.41, 5.74) is 1.14.